The second-order valence-electron chi connectivity index (χ2n) is 5.27. The van der Waals surface area contributed by atoms with E-state index in [-0.39, 0.29) is 10.3 Å². The van der Waals surface area contributed by atoms with Gasteiger partial charge < -0.3 is 9.47 Å². The molecular weight excluding hydrogens is 322 g/mol. The Morgan fingerprint density at radius 1 is 1.09 bits per heavy atom. The van der Waals surface area contributed by atoms with Crippen LogP contribution in [0.1, 0.15) is 46.0 Å². The molecule has 0 saturated heterocycles. The first-order valence-corrected chi connectivity index (χ1v) is 8.45. The summed E-state index contributed by atoms with van der Waals surface area (Å²) in [5, 5.41) is 0. The summed E-state index contributed by atoms with van der Waals surface area (Å²) in [5.41, 5.74) is 0. The third-order valence-corrected chi connectivity index (χ3v) is 4.94. The van der Waals surface area contributed by atoms with Crippen molar-refractivity contribution in [3.05, 3.63) is 0 Å². The van der Waals surface area contributed by atoms with Gasteiger partial charge in [0.05, 0.1) is 46.5 Å². The van der Waals surface area contributed by atoms with Crippen molar-refractivity contribution >= 4 is 42.0 Å². The zero-order valence-corrected chi connectivity index (χ0v) is 15.7. The van der Waals surface area contributed by atoms with E-state index < -0.39 is 17.9 Å². The number of thiocarbonyl (C=S) groups is 1. The van der Waals surface area contributed by atoms with Gasteiger partial charge in [0, 0.05) is 0 Å². The molecule has 0 aromatic rings. The van der Waals surface area contributed by atoms with Crippen molar-refractivity contribution in [3.8, 4) is 0 Å². The zero-order valence-electron chi connectivity index (χ0n) is 14.0. The van der Waals surface area contributed by atoms with Gasteiger partial charge in [-0.05, 0) is 25.1 Å². The van der Waals surface area contributed by atoms with Crippen LogP contribution in [0.4, 0.5) is 0 Å². The lowest BCUT2D eigenvalue weighted by Crippen LogP contribution is -2.50. The van der Waals surface area contributed by atoms with Crippen molar-refractivity contribution < 1.29 is 23.0 Å². The standard InChI is InChI=1S/C15H28NO4S2/c1-5-7-9-16(22,10-8-6-2)14(21)12(15(18)20-4)11-13(17)19-3/h12,22H,5-11H2,1-4H3/q+1. The summed E-state index contributed by atoms with van der Waals surface area (Å²) in [6.45, 7) is 5.64. The highest BCUT2D eigenvalue weighted by molar-refractivity contribution is 7.82. The summed E-state index contributed by atoms with van der Waals surface area (Å²) in [5.74, 6) is -1.80. The molecule has 0 aromatic carbocycles. The Bertz CT molecular complexity index is 380. The lowest BCUT2D eigenvalue weighted by molar-refractivity contribution is -0.695. The molecule has 0 aromatic heterocycles. The van der Waals surface area contributed by atoms with E-state index in [4.69, 9.17) is 29.8 Å². The summed E-state index contributed by atoms with van der Waals surface area (Å²) in [6.07, 6.45) is 3.80. The first kappa shape index (κ1) is 21.3. The fraction of sp³-hybridized carbons (Fsp3) is 0.800. The van der Waals surface area contributed by atoms with Gasteiger partial charge in [0.15, 0.2) is 5.92 Å². The predicted octanol–water partition coefficient (Wildman–Crippen LogP) is 2.93. The molecule has 0 aliphatic rings. The Labute approximate surface area is 144 Å². The van der Waals surface area contributed by atoms with Crippen LogP contribution in [0.3, 0.4) is 0 Å². The third-order valence-electron chi connectivity index (χ3n) is 3.56. The highest BCUT2D eigenvalue weighted by atomic mass is 32.1. The summed E-state index contributed by atoms with van der Waals surface area (Å²) < 4.78 is 9.68. The molecule has 22 heavy (non-hydrogen) atoms. The molecule has 0 radical (unpaired) electrons. The van der Waals surface area contributed by atoms with Crippen molar-refractivity contribution in [1.82, 2.24) is 0 Å². The molecule has 1 unspecified atom stereocenters. The van der Waals surface area contributed by atoms with Gasteiger partial charge >= 0.3 is 11.9 Å². The summed E-state index contributed by atoms with van der Waals surface area (Å²) >= 11 is 10.3. The van der Waals surface area contributed by atoms with Crippen LogP contribution in [0.15, 0.2) is 0 Å². The number of unbranched alkanes of at least 4 members (excludes halogenated alkanes) is 2. The molecular formula is C15H28NO4S2+. The lowest BCUT2D eigenvalue weighted by atomic mass is 10.0. The number of carbonyl (C=O) groups excluding carboxylic acids is 2. The normalized spacial score (nSPS) is 12.6. The minimum atomic E-state index is -0.807. The number of methoxy groups -OCH3 is 2. The number of nitrogens with zero attached hydrogens (tertiary/aromatic N) is 1. The van der Waals surface area contributed by atoms with Crippen molar-refractivity contribution in [2.45, 2.75) is 46.0 Å². The van der Waals surface area contributed by atoms with Crippen LogP contribution in [0.5, 0.6) is 0 Å². The molecule has 7 heteroatoms. The van der Waals surface area contributed by atoms with Crippen LogP contribution in [0.2, 0.25) is 0 Å². The van der Waals surface area contributed by atoms with Crippen LogP contribution in [0.25, 0.3) is 0 Å². The van der Waals surface area contributed by atoms with Crippen LogP contribution in [-0.2, 0) is 19.1 Å². The lowest BCUT2D eigenvalue weighted by Gasteiger charge is -2.34. The Balaban J connectivity index is 5.30. The number of ether oxygens (including phenoxy) is 2. The number of thiol groups is 1. The molecule has 0 N–H and O–H groups in total. The average Bonchev–Trinajstić information content (AvgIpc) is 2.54. The SMILES string of the molecule is CCCC[N+](S)(CCCC)C(=S)C(CC(=O)OC)C(=O)OC. The Morgan fingerprint density at radius 2 is 1.59 bits per heavy atom. The van der Waals surface area contributed by atoms with Crippen LogP contribution >= 0.6 is 25.0 Å². The zero-order chi connectivity index (χ0) is 17.2. The van der Waals surface area contributed by atoms with E-state index in [1.165, 1.54) is 14.2 Å². The van der Waals surface area contributed by atoms with Crippen molar-refractivity contribution in [3.63, 3.8) is 0 Å². The number of esters is 2. The summed E-state index contributed by atoms with van der Waals surface area (Å²) in [4.78, 5) is 24.1. The predicted molar refractivity (Wildman–Crippen MR) is 93.5 cm³/mol. The summed E-state index contributed by atoms with van der Waals surface area (Å²) in [6, 6.07) is 0. The van der Waals surface area contributed by atoms with Gasteiger partial charge in [0.25, 0.3) is 0 Å². The number of hydrogen-bond donors (Lipinski definition) is 1. The maximum atomic E-state index is 12.0. The fourth-order valence-electron chi connectivity index (χ4n) is 2.13. The highest BCUT2D eigenvalue weighted by Gasteiger charge is 2.40. The van der Waals surface area contributed by atoms with Crippen molar-refractivity contribution in [2.75, 3.05) is 27.3 Å². The number of quaternary nitrogens is 1. The molecule has 0 fully saturated rings. The van der Waals surface area contributed by atoms with Gasteiger partial charge in [-0.1, -0.05) is 26.7 Å². The molecule has 0 aliphatic carbocycles. The maximum Gasteiger partial charge on any atom is 0.320 e. The number of rotatable bonds is 10. The molecule has 0 bridgehead atoms. The van der Waals surface area contributed by atoms with E-state index in [9.17, 15) is 9.59 Å². The highest BCUT2D eigenvalue weighted by Crippen LogP contribution is 2.25. The van der Waals surface area contributed by atoms with E-state index in [0.717, 1.165) is 38.8 Å². The van der Waals surface area contributed by atoms with E-state index in [0.29, 0.717) is 4.99 Å². The van der Waals surface area contributed by atoms with E-state index >= 15 is 0 Å². The molecule has 0 amide bonds. The molecule has 0 spiro atoms. The smallest absolute Gasteiger partial charge is 0.320 e. The van der Waals surface area contributed by atoms with Crippen molar-refractivity contribution in [2.24, 2.45) is 5.92 Å². The van der Waals surface area contributed by atoms with Gasteiger partial charge in [0.2, 0.25) is 4.99 Å². The first-order valence-electron chi connectivity index (χ1n) is 7.65. The second kappa shape index (κ2) is 11.0. The summed E-state index contributed by atoms with van der Waals surface area (Å²) in [7, 11) is 2.58. The first-order chi connectivity index (χ1) is 10.4. The van der Waals surface area contributed by atoms with Crippen molar-refractivity contribution in [1.29, 1.82) is 0 Å². The van der Waals surface area contributed by atoms with Crippen LogP contribution < -0.4 is 0 Å². The molecule has 0 aliphatic heterocycles. The molecule has 128 valence electrons. The van der Waals surface area contributed by atoms with E-state index in [2.05, 4.69) is 18.6 Å². The van der Waals surface area contributed by atoms with Crippen LogP contribution in [-0.4, -0.2) is 48.1 Å². The molecule has 0 heterocycles. The van der Waals surface area contributed by atoms with Gasteiger partial charge in [-0.15, -0.1) is 0 Å². The molecule has 0 saturated carbocycles. The Morgan fingerprint density at radius 3 is 1.95 bits per heavy atom. The average molecular weight is 351 g/mol. The molecule has 5 nitrogen and oxygen atoms in total. The maximum absolute atomic E-state index is 12.0. The Kier molecular flexibility index (Phi) is 10.6. The molecule has 1 atom stereocenters. The quantitative estimate of drug-likeness (QED) is 0.284. The second-order valence-corrected chi connectivity index (χ2v) is 6.46. The third kappa shape index (κ3) is 6.62. The topological polar surface area (TPSA) is 52.6 Å². The minimum absolute atomic E-state index is 0.110. The van der Waals surface area contributed by atoms with E-state index in [1.807, 2.05) is 0 Å². The van der Waals surface area contributed by atoms with Gasteiger partial charge in [-0.3, -0.25) is 9.59 Å². The van der Waals surface area contributed by atoms with Gasteiger partial charge in [0.1, 0.15) is 0 Å². The van der Waals surface area contributed by atoms with Gasteiger partial charge in [-0.25, -0.2) is 3.89 Å². The number of carbonyl (C=O) groups is 2. The van der Waals surface area contributed by atoms with Gasteiger partial charge in [-0.2, -0.15) is 0 Å². The monoisotopic (exact) mass is 350 g/mol. The number of hydrogen-bond acceptors (Lipinski definition) is 6. The van der Waals surface area contributed by atoms with Crippen LogP contribution in [0, 0.1) is 5.92 Å². The Hall–Kier alpha value is -0.660. The minimum Gasteiger partial charge on any atom is -0.469 e. The fourth-order valence-corrected chi connectivity index (χ4v) is 2.91. The van der Waals surface area contributed by atoms with E-state index in [1.54, 1.807) is 0 Å². The molecule has 0 rings (SSSR count). The largest absolute Gasteiger partial charge is 0.469 e.